The minimum atomic E-state index is -4.07. The zero-order valence-electron chi connectivity index (χ0n) is 11.8. The summed E-state index contributed by atoms with van der Waals surface area (Å²) in [6.45, 7) is 3.19. The van der Waals surface area contributed by atoms with Crippen molar-refractivity contribution in [2.24, 2.45) is 5.73 Å². The fourth-order valence-corrected chi connectivity index (χ4v) is 2.78. The molecule has 0 fully saturated rings. The Balaban J connectivity index is 0.00000400. The first kappa shape index (κ1) is 19.8. The molecule has 21 heavy (non-hydrogen) atoms. The Hall–Kier alpha value is -1.22. The summed E-state index contributed by atoms with van der Waals surface area (Å²) in [5.74, 6) is -1.64. The lowest BCUT2D eigenvalue weighted by Gasteiger charge is -2.19. The summed E-state index contributed by atoms with van der Waals surface area (Å²) in [5, 5.41) is 0. The average Bonchev–Trinajstić information content (AvgIpc) is 2.35. The number of esters is 1. The molecule has 0 aliphatic carbocycles. The van der Waals surface area contributed by atoms with Crippen molar-refractivity contribution in [2.45, 2.75) is 24.3 Å². The quantitative estimate of drug-likeness (QED) is 0.781. The predicted octanol–water partition coefficient (Wildman–Crippen LogP) is 1.05. The van der Waals surface area contributed by atoms with Crippen molar-refractivity contribution < 1.29 is 22.3 Å². The second-order valence-electron chi connectivity index (χ2n) is 4.95. The van der Waals surface area contributed by atoms with Gasteiger partial charge < -0.3 is 10.5 Å². The molecule has 0 radical (unpaired) electrons. The number of hydrogen-bond donors (Lipinski definition) is 2. The van der Waals surface area contributed by atoms with E-state index in [0.717, 1.165) is 25.3 Å². The second kappa shape index (κ2) is 7.17. The van der Waals surface area contributed by atoms with E-state index in [1.807, 2.05) is 0 Å². The minimum Gasteiger partial charge on any atom is -0.465 e. The van der Waals surface area contributed by atoms with Crippen LogP contribution in [0.3, 0.4) is 0 Å². The molecule has 0 saturated heterocycles. The lowest BCUT2D eigenvalue weighted by Crippen LogP contribution is -2.45. The zero-order valence-corrected chi connectivity index (χ0v) is 13.5. The molecule has 1 aromatic carbocycles. The van der Waals surface area contributed by atoms with Gasteiger partial charge in [0.05, 0.1) is 17.6 Å². The highest BCUT2D eigenvalue weighted by Crippen LogP contribution is 2.18. The van der Waals surface area contributed by atoms with Crippen molar-refractivity contribution in [3.63, 3.8) is 0 Å². The number of nitrogens with one attached hydrogen (secondary N) is 1. The first-order chi connectivity index (χ1) is 9.07. The van der Waals surface area contributed by atoms with Gasteiger partial charge in [-0.25, -0.2) is 22.3 Å². The van der Waals surface area contributed by atoms with E-state index < -0.39 is 32.2 Å². The molecule has 0 unspecified atom stereocenters. The highest BCUT2D eigenvalue weighted by Gasteiger charge is 2.25. The molecule has 0 bridgehead atoms. The van der Waals surface area contributed by atoms with Crippen LogP contribution < -0.4 is 10.5 Å². The lowest BCUT2D eigenvalue weighted by atomic mass is 10.1. The number of sulfonamides is 1. The van der Waals surface area contributed by atoms with E-state index in [4.69, 9.17) is 5.73 Å². The standard InChI is InChI=1S/C12H17FN2O4S.ClH/c1-12(2,14)7-15-20(17,18)10-6-8(13)4-5-9(10)11(16)19-3;/h4-6,15H,7,14H2,1-3H3;1H. The van der Waals surface area contributed by atoms with Crippen LogP contribution in [0.5, 0.6) is 0 Å². The van der Waals surface area contributed by atoms with Crippen LogP contribution in [0.1, 0.15) is 24.2 Å². The lowest BCUT2D eigenvalue weighted by molar-refractivity contribution is 0.0596. The minimum absolute atomic E-state index is 0. The summed E-state index contributed by atoms with van der Waals surface area (Å²) in [4.78, 5) is 11.1. The number of nitrogens with two attached hydrogens (primary N) is 1. The fourth-order valence-electron chi connectivity index (χ4n) is 1.36. The van der Waals surface area contributed by atoms with E-state index in [9.17, 15) is 17.6 Å². The third kappa shape index (κ3) is 5.58. The molecule has 9 heteroatoms. The van der Waals surface area contributed by atoms with E-state index in [-0.39, 0.29) is 24.5 Å². The van der Waals surface area contributed by atoms with Gasteiger partial charge in [0.2, 0.25) is 10.0 Å². The molecule has 0 spiro atoms. The van der Waals surface area contributed by atoms with Crippen molar-refractivity contribution in [2.75, 3.05) is 13.7 Å². The van der Waals surface area contributed by atoms with E-state index >= 15 is 0 Å². The Kier molecular flexibility index (Phi) is 6.75. The molecule has 120 valence electrons. The van der Waals surface area contributed by atoms with Crippen molar-refractivity contribution in [3.05, 3.63) is 29.6 Å². The Labute approximate surface area is 129 Å². The van der Waals surface area contributed by atoms with Crippen LogP contribution in [-0.2, 0) is 14.8 Å². The molecule has 0 heterocycles. The van der Waals surface area contributed by atoms with Gasteiger partial charge in [0, 0.05) is 12.1 Å². The Morgan fingerprint density at radius 3 is 2.48 bits per heavy atom. The second-order valence-corrected chi connectivity index (χ2v) is 6.68. The smallest absolute Gasteiger partial charge is 0.339 e. The molecule has 0 amide bonds. The number of hydrogen-bond acceptors (Lipinski definition) is 5. The molecule has 0 aromatic heterocycles. The number of benzene rings is 1. The molecule has 6 nitrogen and oxygen atoms in total. The molecule has 1 aromatic rings. The van der Waals surface area contributed by atoms with E-state index in [0.29, 0.717) is 0 Å². The van der Waals surface area contributed by atoms with Crippen LogP contribution in [-0.4, -0.2) is 33.6 Å². The van der Waals surface area contributed by atoms with Gasteiger partial charge in [-0.1, -0.05) is 0 Å². The van der Waals surface area contributed by atoms with Crippen LogP contribution in [0.25, 0.3) is 0 Å². The topological polar surface area (TPSA) is 98.5 Å². The highest BCUT2D eigenvalue weighted by atomic mass is 35.5. The van der Waals surface area contributed by atoms with E-state index in [1.54, 1.807) is 13.8 Å². The number of ether oxygens (including phenoxy) is 1. The summed E-state index contributed by atoms with van der Waals surface area (Å²) in [7, 11) is -2.96. The normalized spacial score (nSPS) is 11.7. The van der Waals surface area contributed by atoms with Gasteiger partial charge in [-0.3, -0.25) is 0 Å². The first-order valence-electron chi connectivity index (χ1n) is 5.73. The molecule has 3 N–H and O–H groups in total. The van der Waals surface area contributed by atoms with Crippen LogP contribution in [0.2, 0.25) is 0 Å². The Morgan fingerprint density at radius 1 is 1.43 bits per heavy atom. The third-order valence-electron chi connectivity index (χ3n) is 2.36. The van der Waals surface area contributed by atoms with Crippen molar-refractivity contribution >= 4 is 28.4 Å². The van der Waals surface area contributed by atoms with Gasteiger partial charge in [-0.05, 0) is 32.0 Å². The van der Waals surface area contributed by atoms with Crippen molar-refractivity contribution in [3.8, 4) is 0 Å². The van der Waals surface area contributed by atoms with Crippen LogP contribution in [0.4, 0.5) is 4.39 Å². The van der Waals surface area contributed by atoms with Crippen LogP contribution in [0.15, 0.2) is 23.1 Å². The predicted molar refractivity (Wildman–Crippen MR) is 78.4 cm³/mol. The summed E-state index contributed by atoms with van der Waals surface area (Å²) in [6, 6.07) is 2.81. The Bertz CT molecular complexity index is 614. The number of rotatable bonds is 5. The van der Waals surface area contributed by atoms with Gasteiger partial charge in [0.1, 0.15) is 5.82 Å². The zero-order chi connectivity index (χ0) is 15.6. The third-order valence-corrected chi connectivity index (χ3v) is 3.80. The number of methoxy groups -OCH3 is 1. The summed E-state index contributed by atoms with van der Waals surface area (Å²) in [5.41, 5.74) is 4.66. The Morgan fingerprint density at radius 2 is 2.00 bits per heavy atom. The van der Waals surface area contributed by atoms with Crippen molar-refractivity contribution in [1.29, 1.82) is 0 Å². The molecule has 0 aliphatic rings. The largest absolute Gasteiger partial charge is 0.465 e. The maximum atomic E-state index is 13.3. The number of carbonyl (C=O) groups excluding carboxylic acids is 1. The summed E-state index contributed by atoms with van der Waals surface area (Å²) >= 11 is 0. The summed E-state index contributed by atoms with van der Waals surface area (Å²) < 4.78 is 44.2. The molecule has 0 saturated carbocycles. The maximum absolute atomic E-state index is 13.3. The summed E-state index contributed by atoms with van der Waals surface area (Å²) in [6.07, 6.45) is 0. The molecule has 1 rings (SSSR count). The van der Waals surface area contributed by atoms with Crippen molar-refractivity contribution in [1.82, 2.24) is 4.72 Å². The monoisotopic (exact) mass is 340 g/mol. The highest BCUT2D eigenvalue weighted by molar-refractivity contribution is 7.89. The van der Waals surface area contributed by atoms with Crippen LogP contribution in [0, 0.1) is 5.82 Å². The van der Waals surface area contributed by atoms with Crippen LogP contribution >= 0.6 is 12.4 Å². The molecular weight excluding hydrogens is 323 g/mol. The fraction of sp³-hybridized carbons (Fsp3) is 0.417. The van der Waals surface area contributed by atoms with Gasteiger partial charge >= 0.3 is 5.97 Å². The number of halogens is 2. The number of carbonyl (C=O) groups is 1. The van der Waals surface area contributed by atoms with Gasteiger partial charge in [0.15, 0.2) is 0 Å². The van der Waals surface area contributed by atoms with E-state index in [2.05, 4.69) is 9.46 Å². The van der Waals surface area contributed by atoms with Gasteiger partial charge in [0.25, 0.3) is 0 Å². The van der Waals surface area contributed by atoms with E-state index in [1.165, 1.54) is 0 Å². The average molecular weight is 341 g/mol. The maximum Gasteiger partial charge on any atom is 0.339 e. The molecule has 0 atom stereocenters. The molecule has 0 aliphatic heterocycles. The van der Waals surface area contributed by atoms with Gasteiger partial charge in [-0.2, -0.15) is 0 Å². The van der Waals surface area contributed by atoms with Gasteiger partial charge in [-0.15, -0.1) is 12.4 Å². The SMILES string of the molecule is COC(=O)c1ccc(F)cc1S(=O)(=O)NCC(C)(C)N.Cl. The molecular formula is C12H18ClFN2O4S. The first-order valence-corrected chi connectivity index (χ1v) is 7.21.